The number of benzene rings is 3. The zero-order valence-corrected chi connectivity index (χ0v) is 17.1. The molecule has 156 valence electrons. The minimum absolute atomic E-state index is 0.0144. The van der Waals surface area contributed by atoms with Gasteiger partial charge in [-0.15, -0.1) is 0 Å². The normalized spacial score (nSPS) is 11.0. The summed E-state index contributed by atoms with van der Waals surface area (Å²) in [5.41, 5.74) is 2.01. The third kappa shape index (κ3) is 5.57. The van der Waals surface area contributed by atoms with Crippen molar-refractivity contribution in [1.29, 1.82) is 0 Å². The average molecular weight is 428 g/mol. The van der Waals surface area contributed by atoms with Crippen LogP contribution < -0.4 is 14.8 Å². The lowest BCUT2D eigenvalue weighted by Gasteiger charge is -2.11. The maximum absolute atomic E-state index is 13.0. The van der Waals surface area contributed by atoms with E-state index in [1.165, 1.54) is 48.5 Å². The van der Waals surface area contributed by atoms with E-state index in [-0.39, 0.29) is 23.1 Å². The summed E-state index contributed by atoms with van der Waals surface area (Å²) in [6.45, 7) is 1.79. The number of para-hydroxylation sites is 1. The third-order valence-corrected chi connectivity index (χ3v) is 5.67. The Labute approximate surface area is 174 Å². The van der Waals surface area contributed by atoms with E-state index in [1.807, 2.05) is 31.2 Å². The van der Waals surface area contributed by atoms with Gasteiger partial charge in [0.2, 0.25) is 0 Å². The third-order valence-electron chi connectivity index (χ3n) is 4.27. The van der Waals surface area contributed by atoms with Gasteiger partial charge in [-0.2, -0.15) is 0 Å². The average Bonchev–Trinajstić information content (AvgIpc) is 2.74. The summed E-state index contributed by atoms with van der Waals surface area (Å²) in [6, 6.07) is 18.2. The molecule has 0 radical (unpaired) electrons. The van der Waals surface area contributed by atoms with Crippen molar-refractivity contribution in [3.63, 3.8) is 0 Å². The fraction of sp³-hybridized carbons (Fsp3) is 0.136. The van der Waals surface area contributed by atoms with Crippen molar-refractivity contribution in [2.24, 2.45) is 0 Å². The van der Waals surface area contributed by atoms with Gasteiger partial charge >= 0.3 is 0 Å². The van der Waals surface area contributed by atoms with Gasteiger partial charge in [0.05, 0.1) is 4.90 Å². The van der Waals surface area contributed by atoms with Gasteiger partial charge in [0.1, 0.15) is 11.6 Å². The number of hydrogen-bond donors (Lipinski definition) is 2. The molecule has 2 N–H and O–H groups in total. The summed E-state index contributed by atoms with van der Waals surface area (Å²) >= 11 is 0. The van der Waals surface area contributed by atoms with E-state index in [0.29, 0.717) is 5.75 Å². The predicted octanol–water partition coefficient (Wildman–Crippen LogP) is 4.21. The minimum atomic E-state index is -3.83. The fourth-order valence-electron chi connectivity index (χ4n) is 2.73. The molecule has 0 aliphatic rings. The van der Waals surface area contributed by atoms with Crippen LogP contribution in [-0.4, -0.2) is 20.9 Å². The van der Waals surface area contributed by atoms with Crippen molar-refractivity contribution in [3.05, 3.63) is 84.2 Å². The highest BCUT2D eigenvalue weighted by Gasteiger charge is 2.14. The van der Waals surface area contributed by atoms with E-state index < -0.39 is 15.8 Å². The highest BCUT2D eigenvalue weighted by molar-refractivity contribution is 7.92. The Morgan fingerprint density at radius 1 is 0.967 bits per heavy atom. The van der Waals surface area contributed by atoms with E-state index in [4.69, 9.17) is 4.74 Å². The molecular weight excluding hydrogens is 407 g/mol. The highest BCUT2D eigenvalue weighted by atomic mass is 32.2. The zero-order valence-electron chi connectivity index (χ0n) is 16.3. The molecule has 0 heterocycles. The first-order valence-electron chi connectivity index (χ1n) is 9.26. The maximum atomic E-state index is 13.0. The molecule has 0 aromatic heterocycles. The number of aryl methyl sites for hydroxylation is 1. The molecule has 0 bridgehead atoms. The molecule has 0 aliphatic heterocycles. The zero-order chi connectivity index (χ0) is 21.6. The molecule has 0 atom stereocenters. The van der Waals surface area contributed by atoms with Crippen LogP contribution in [0.5, 0.6) is 5.75 Å². The number of nitrogens with one attached hydrogen (secondary N) is 2. The lowest BCUT2D eigenvalue weighted by Crippen LogP contribution is -2.21. The topological polar surface area (TPSA) is 84.5 Å². The van der Waals surface area contributed by atoms with Crippen molar-refractivity contribution in [2.75, 3.05) is 16.6 Å². The highest BCUT2D eigenvalue weighted by Crippen LogP contribution is 2.20. The number of rotatable bonds is 8. The number of amides is 1. The van der Waals surface area contributed by atoms with Gasteiger partial charge in [0, 0.05) is 11.4 Å². The van der Waals surface area contributed by atoms with E-state index >= 15 is 0 Å². The van der Waals surface area contributed by atoms with Crippen molar-refractivity contribution in [2.45, 2.75) is 18.2 Å². The number of anilines is 2. The first kappa shape index (κ1) is 21.3. The molecule has 3 aromatic rings. The van der Waals surface area contributed by atoms with Gasteiger partial charge in [-0.3, -0.25) is 9.52 Å². The fourth-order valence-corrected chi connectivity index (χ4v) is 3.79. The molecule has 3 aromatic carbocycles. The van der Waals surface area contributed by atoms with Crippen molar-refractivity contribution in [1.82, 2.24) is 0 Å². The molecule has 0 unspecified atom stereocenters. The molecule has 8 heteroatoms. The summed E-state index contributed by atoms with van der Waals surface area (Å²) in [5.74, 6) is -0.415. The first-order chi connectivity index (χ1) is 14.4. The predicted molar refractivity (Wildman–Crippen MR) is 114 cm³/mol. The molecule has 0 saturated carbocycles. The molecule has 3 rings (SSSR count). The Morgan fingerprint density at radius 3 is 2.30 bits per heavy atom. The summed E-state index contributed by atoms with van der Waals surface area (Å²) < 4.78 is 45.6. The summed E-state index contributed by atoms with van der Waals surface area (Å²) in [6.07, 6.45) is 0.791. The number of hydrogen-bond acceptors (Lipinski definition) is 4. The van der Waals surface area contributed by atoms with Gasteiger partial charge in [0.25, 0.3) is 15.9 Å². The van der Waals surface area contributed by atoms with E-state index in [9.17, 15) is 17.6 Å². The SMILES string of the molecule is CCc1ccccc1NC(=O)COc1ccc(S(=O)(=O)Nc2ccc(F)cc2)cc1. The van der Waals surface area contributed by atoms with Gasteiger partial charge in [-0.25, -0.2) is 12.8 Å². The van der Waals surface area contributed by atoms with Crippen LogP contribution in [0.25, 0.3) is 0 Å². The summed E-state index contributed by atoms with van der Waals surface area (Å²) in [7, 11) is -3.83. The Morgan fingerprint density at radius 2 is 1.63 bits per heavy atom. The number of ether oxygens (including phenoxy) is 1. The molecule has 0 fully saturated rings. The molecular formula is C22H21FN2O4S. The van der Waals surface area contributed by atoms with E-state index in [0.717, 1.165) is 17.7 Å². The van der Waals surface area contributed by atoms with E-state index in [1.54, 1.807) is 0 Å². The number of carbonyl (C=O) groups is 1. The Bertz CT molecular complexity index is 1110. The van der Waals surface area contributed by atoms with Crippen LogP contribution in [0.4, 0.5) is 15.8 Å². The van der Waals surface area contributed by atoms with Crippen LogP contribution >= 0.6 is 0 Å². The van der Waals surface area contributed by atoms with Gasteiger partial charge in [-0.05, 0) is 66.6 Å². The van der Waals surface area contributed by atoms with Crippen LogP contribution in [0.3, 0.4) is 0 Å². The first-order valence-corrected chi connectivity index (χ1v) is 10.7. The Kier molecular flexibility index (Phi) is 6.68. The second-order valence-corrected chi connectivity index (χ2v) is 8.11. The minimum Gasteiger partial charge on any atom is -0.484 e. The molecule has 1 amide bonds. The maximum Gasteiger partial charge on any atom is 0.262 e. The second-order valence-electron chi connectivity index (χ2n) is 6.43. The number of halogens is 1. The Hall–Kier alpha value is -3.39. The molecule has 0 spiro atoms. The standard InChI is InChI=1S/C22H21FN2O4S/c1-2-16-5-3-4-6-21(16)24-22(26)15-29-19-11-13-20(14-12-19)30(27,28)25-18-9-7-17(23)8-10-18/h3-14,25H,2,15H2,1H3,(H,24,26). The van der Waals surface area contributed by atoms with Crippen LogP contribution in [0.2, 0.25) is 0 Å². The molecule has 30 heavy (non-hydrogen) atoms. The van der Waals surface area contributed by atoms with Crippen LogP contribution in [0.15, 0.2) is 77.7 Å². The quantitative estimate of drug-likeness (QED) is 0.563. The monoisotopic (exact) mass is 428 g/mol. The van der Waals surface area contributed by atoms with Crippen molar-refractivity contribution in [3.8, 4) is 5.75 Å². The van der Waals surface area contributed by atoms with Gasteiger partial charge in [-0.1, -0.05) is 25.1 Å². The summed E-state index contributed by atoms with van der Waals surface area (Å²) in [5, 5.41) is 2.80. The molecule has 0 aliphatic carbocycles. The lowest BCUT2D eigenvalue weighted by atomic mass is 10.1. The van der Waals surface area contributed by atoms with E-state index in [2.05, 4.69) is 10.0 Å². The molecule has 0 saturated heterocycles. The van der Waals surface area contributed by atoms with Crippen LogP contribution in [0.1, 0.15) is 12.5 Å². The number of sulfonamides is 1. The second kappa shape index (κ2) is 9.41. The Balaban J connectivity index is 1.58. The van der Waals surface area contributed by atoms with Crippen LogP contribution in [-0.2, 0) is 21.2 Å². The van der Waals surface area contributed by atoms with Gasteiger partial charge in [0.15, 0.2) is 6.61 Å². The van der Waals surface area contributed by atoms with Crippen LogP contribution in [0, 0.1) is 5.82 Å². The molecule has 6 nitrogen and oxygen atoms in total. The smallest absolute Gasteiger partial charge is 0.262 e. The van der Waals surface area contributed by atoms with Gasteiger partial charge < -0.3 is 10.1 Å². The number of carbonyl (C=O) groups excluding carboxylic acids is 1. The summed E-state index contributed by atoms with van der Waals surface area (Å²) in [4.78, 5) is 12.2. The largest absolute Gasteiger partial charge is 0.484 e. The van der Waals surface area contributed by atoms with Crippen molar-refractivity contribution >= 4 is 27.3 Å². The van der Waals surface area contributed by atoms with Crippen molar-refractivity contribution < 1.29 is 22.3 Å². The lowest BCUT2D eigenvalue weighted by molar-refractivity contribution is -0.118.